The van der Waals surface area contributed by atoms with Gasteiger partial charge in [0.1, 0.15) is 11.4 Å². The number of fused-ring (bicyclic) bond motifs is 1. The molecule has 0 saturated carbocycles. The molecular weight excluding hydrogens is 332 g/mol. The van der Waals surface area contributed by atoms with Crippen LogP contribution in [-0.2, 0) is 0 Å². The van der Waals surface area contributed by atoms with Crippen LogP contribution in [-0.4, -0.2) is 16.1 Å². The average molecular weight is 343 g/mol. The number of pyridine rings is 1. The smallest absolute Gasteiger partial charge is 0.339 e. The van der Waals surface area contributed by atoms with Gasteiger partial charge >= 0.3 is 5.97 Å². The van der Waals surface area contributed by atoms with E-state index in [1.807, 2.05) is 36.4 Å². The molecular formula is C16H11BrN2O2. The number of rotatable bonds is 3. The van der Waals surface area contributed by atoms with E-state index in [4.69, 9.17) is 5.11 Å². The van der Waals surface area contributed by atoms with Crippen LogP contribution < -0.4 is 5.32 Å². The molecule has 0 fully saturated rings. The van der Waals surface area contributed by atoms with Crippen molar-refractivity contribution in [1.29, 1.82) is 0 Å². The number of hydrogen-bond donors (Lipinski definition) is 2. The van der Waals surface area contributed by atoms with Gasteiger partial charge in [-0.3, -0.25) is 0 Å². The second-order valence-electron chi connectivity index (χ2n) is 4.54. The number of aromatic nitrogens is 1. The van der Waals surface area contributed by atoms with Crippen LogP contribution in [0.2, 0.25) is 0 Å². The third kappa shape index (κ3) is 2.87. The lowest BCUT2D eigenvalue weighted by atomic mass is 10.1. The Balaban J connectivity index is 1.99. The van der Waals surface area contributed by atoms with E-state index in [2.05, 4.69) is 26.2 Å². The number of hydrogen-bond acceptors (Lipinski definition) is 3. The zero-order chi connectivity index (χ0) is 14.8. The highest BCUT2D eigenvalue weighted by atomic mass is 79.9. The monoisotopic (exact) mass is 342 g/mol. The molecule has 5 heteroatoms. The van der Waals surface area contributed by atoms with Crippen molar-refractivity contribution in [2.24, 2.45) is 0 Å². The number of carboxylic acid groups (broad SMARTS) is 1. The van der Waals surface area contributed by atoms with Gasteiger partial charge in [-0.05, 0) is 47.2 Å². The van der Waals surface area contributed by atoms with E-state index in [0.717, 1.165) is 20.9 Å². The van der Waals surface area contributed by atoms with Crippen LogP contribution in [0.15, 0.2) is 59.2 Å². The van der Waals surface area contributed by atoms with E-state index in [1.165, 1.54) is 6.07 Å². The Labute approximate surface area is 129 Å². The number of anilines is 2. The molecule has 104 valence electrons. The highest BCUT2D eigenvalue weighted by Gasteiger charge is 2.10. The summed E-state index contributed by atoms with van der Waals surface area (Å²) in [6.45, 7) is 0. The summed E-state index contributed by atoms with van der Waals surface area (Å²) in [4.78, 5) is 15.3. The van der Waals surface area contributed by atoms with E-state index >= 15 is 0 Å². The lowest BCUT2D eigenvalue weighted by molar-refractivity contribution is 0.0697. The molecule has 0 saturated heterocycles. The van der Waals surface area contributed by atoms with Crippen LogP contribution in [0.1, 0.15) is 10.4 Å². The van der Waals surface area contributed by atoms with Crippen LogP contribution >= 0.6 is 15.9 Å². The summed E-state index contributed by atoms with van der Waals surface area (Å²) in [7, 11) is 0. The topological polar surface area (TPSA) is 62.2 Å². The summed E-state index contributed by atoms with van der Waals surface area (Å²) in [5.74, 6) is -0.670. The van der Waals surface area contributed by atoms with Gasteiger partial charge in [-0.2, -0.15) is 0 Å². The van der Waals surface area contributed by atoms with Crippen molar-refractivity contribution in [2.45, 2.75) is 0 Å². The van der Waals surface area contributed by atoms with Crippen LogP contribution in [0.4, 0.5) is 11.5 Å². The number of carbonyl (C=O) groups is 1. The molecule has 3 aromatic rings. The molecule has 2 aromatic carbocycles. The molecule has 1 aromatic heterocycles. The normalized spacial score (nSPS) is 10.5. The zero-order valence-corrected chi connectivity index (χ0v) is 12.5. The lowest BCUT2D eigenvalue weighted by Crippen LogP contribution is -2.04. The highest BCUT2D eigenvalue weighted by molar-refractivity contribution is 9.10. The number of aromatic carboxylic acids is 1. The van der Waals surface area contributed by atoms with Crippen molar-refractivity contribution >= 4 is 44.2 Å². The van der Waals surface area contributed by atoms with Gasteiger partial charge in [-0.25, -0.2) is 9.78 Å². The highest BCUT2D eigenvalue weighted by Crippen LogP contribution is 2.25. The molecule has 0 atom stereocenters. The fourth-order valence-electron chi connectivity index (χ4n) is 2.11. The number of benzene rings is 2. The summed E-state index contributed by atoms with van der Waals surface area (Å²) in [5.41, 5.74) is 0.944. The molecule has 21 heavy (non-hydrogen) atoms. The maximum absolute atomic E-state index is 11.2. The van der Waals surface area contributed by atoms with E-state index < -0.39 is 5.97 Å². The summed E-state index contributed by atoms with van der Waals surface area (Å²) < 4.78 is 1.02. The summed E-state index contributed by atoms with van der Waals surface area (Å²) in [6, 6.07) is 15.0. The minimum Gasteiger partial charge on any atom is -0.478 e. The lowest BCUT2D eigenvalue weighted by Gasteiger charge is -2.09. The average Bonchev–Trinajstić information content (AvgIpc) is 2.48. The molecule has 0 amide bonds. The van der Waals surface area contributed by atoms with Gasteiger partial charge in [0.05, 0.1) is 0 Å². The Hall–Kier alpha value is -2.40. The van der Waals surface area contributed by atoms with Gasteiger partial charge in [0.25, 0.3) is 0 Å². The van der Waals surface area contributed by atoms with Crippen molar-refractivity contribution in [3.8, 4) is 0 Å². The van der Waals surface area contributed by atoms with Crippen LogP contribution in [0, 0.1) is 0 Å². The summed E-state index contributed by atoms with van der Waals surface area (Å²) >= 11 is 3.44. The zero-order valence-electron chi connectivity index (χ0n) is 10.9. The van der Waals surface area contributed by atoms with Gasteiger partial charge in [-0.1, -0.05) is 28.1 Å². The van der Waals surface area contributed by atoms with Crippen molar-refractivity contribution in [1.82, 2.24) is 4.98 Å². The second kappa shape index (κ2) is 5.54. The molecule has 0 radical (unpaired) electrons. The Morgan fingerprint density at radius 1 is 1.10 bits per heavy atom. The standard InChI is InChI=1S/C16H11BrN2O2/c17-12-5-3-11-9-13(6-4-10(11)8-12)19-15-14(16(20)21)2-1-7-18-15/h1-9H,(H,18,19)(H,20,21). The molecule has 0 aliphatic heterocycles. The minimum atomic E-state index is -1.00. The maximum Gasteiger partial charge on any atom is 0.339 e. The first-order valence-corrected chi connectivity index (χ1v) is 7.07. The largest absolute Gasteiger partial charge is 0.478 e. The first-order valence-electron chi connectivity index (χ1n) is 6.28. The molecule has 0 aliphatic carbocycles. The van der Waals surface area contributed by atoms with Gasteiger partial charge in [0, 0.05) is 16.4 Å². The molecule has 0 aliphatic rings. The van der Waals surface area contributed by atoms with Gasteiger partial charge in [-0.15, -0.1) is 0 Å². The third-order valence-electron chi connectivity index (χ3n) is 3.10. The van der Waals surface area contributed by atoms with E-state index in [-0.39, 0.29) is 5.56 Å². The Bertz CT molecular complexity index is 833. The predicted octanol–water partition coefficient (Wildman–Crippen LogP) is 4.44. The number of nitrogens with zero attached hydrogens (tertiary/aromatic N) is 1. The maximum atomic E-state index is 11.2. The Morgan fingerprint density at radius 3 is 2.67 bits per heavy atom. The first-order chi connectivity index (χ1) is 10.1. The first kappa shape index (κ1) is 13.6. The Morgan fingerprint density at radius 2 is 1.86 bits per heavy atom. The molecule has 1 heterocycles. The molecule has 2 N–H and O–H groups in total. The second-order valence-corrected chi connectivity index (χ2v) is 5.45. The van der Waals surface area contributed by atoms with Crippen LogP contribution in [0.3, 0.4) is 0 Å². The molecule has 4 nitrogen and oxygen atoms in total. The van der Waals surface area contributed by atoms with Gasteiger partial charge in [0.2, 0.25) is 0 Å². The van der Waals surface area contributed by atoms with E-state index in [0.29, 0.717) is 5.82 Å². The third-order valence-corrected chi connectivity index (χ3v) is 3.60. The van der Waals surface area contributed by atoms with Crippen molar-refractivity contribution in [2.75, 3.05) is 5.32 Å². The number of nitrogens with one attached hydrogen (secondary N) is 1. The van der Waals surface area contributed by atoms with E-state index in [9.17, 15) is 4.79 Å². The molecule has 0 spiro atoms. The van der Waals surface area contributed by atoms with Gasteiger partial charge in [0.15, 0.2) is 0 Å². The fourth-order valence-corrected chi connectivity index (χ4v) is 2.49. The van der Waals surface area contributed by atoms with Crippen molar-refractivity contribution in [3.63, 3.8) is 0 Å². The fraction of sp³-hybridized carbons (Fsp3) is 0. The SMILES string of the molecule is O=C(O)c1cccnc1Nc1ccc2cc(Br)ccc2c1. The van der Waals surface area contributed by atoms with Crippen LogP contribution in [0.25, 0.3) is 10.8 Å². The van der Waals surface area contributed by atoms with Crippen molar-refractivity contribution in [3.05, 3.63) is 64.8 Å². The minimum absolute atomic E-state index is 0.147. The molecule has 0 bridgehead atoms. The van der Waals surface area contributed by atoms with E-state index in [1.54, 1.807) is 12.3 Å². The number of halogens is 1. The summed E-state index contributed by atoms with van der Waals surface area (Å²) in [5, 5.41) is 14.4. The molecule has 0 unspecified atom stereocenters. The summed E-state index contributed by atoms with van der Waals surface area (Å²) in [6.07, 6.45) is 1.56. The number of carboxylic acids is 1. The molecule has 3 rings (SSSR count). The Kier molecular flexibility index (Phi) is 3.58. The predicted molar refractivity (Wildman–Crippen MR) is 86.1 cm³/mol. The van der Waals surface area contributed by atoms with Gasteiger partial charge < -0.3 is 10.4 Å². The van der Waals surface area contributed by atoms with Crippen LogP contribution in [0.5, 0.6) is 0 Å². The quantitative estimate of drug-likeness (QED) is 0.738. The van der Waals surface area contributed by atoms with Crippen molar-refractivity contribution < 1.29 is 9.90 Å².